The van der Waals surface area contributed by atoms with Crippen LogP contribution in [-0.4, -0.2) is 24.1 Å². The number of hydrogen-bond acceptors (Lipinski definition) is 2. The summed E-state index contributed by atoms with van der Waals surface area (Å²) < 4.78 is 1.18. The van der Waals surface area contributed by atoms with Gasteiger partial charge in [0.05, 0.1) is 6.61 Å². The molecule has 1 N–H and O–H groups in total. The average molecular weight is 291 g/mol. The fraction of sp³-hybridized carbons (Fsp3) is 0.400. The van der Waals surface area contributed by atoms with Gasteiger partial charge in [0, 0.05) is 10.1 Å². The smallest absolute Gasteiger partial charge is 0.0682 e. The van der Waals surface area contributed by atoms with Crippen LogP contribution in [0.3, 0.4) is 0 Å². The number of hydrogen-bond donors (Lipinski definition) is 1. The van der Waals surface area contributed by atoms with Crippen LogP contribution >= 0.6 is 22.6 Å². The van der Waals surface area contributed by atoms with Crippen molar-refractivity contribution in [1.29, 1.82) is 0 Å². The number of halogens is 1. The zero-order valence-corrected chi connectivity index (χ0v) is 10.1. The van der Waals surface area contributed by atoms with Crippen LogP contribution in [-0.2, 0) is 13.2 Å². The van der Waals surface area contributed by atoms with E-state index >= 15 is 0 Å². The molecule has 0 saturated carbocycles. The molecular formula is C10H14INO. The van der Waals surface area contributed by atoms with Crippen LogP contribution in [0.4, 0.5) is 0 Å². The van der Waals surface area contributed by atoms with Crippen molar-refractivity contribution in [2.45, 2.75) is 13.2 Å². The molecule has 1 rings (SSSR count). The van der Waals surface area contributed by atoms with Crippen LogP contribution in [0.15, 0.2) is 18.2 Å². The Morgan fingerprint density at radius 2 is 1.85 bits per heavy atom. The van der Waals surface area contributed by atoms with Crippen molar-refractivity contribution >= 4 is 22.6 Å². The summed E-state index contributed by atoms with van der Waals surface area (Å²) in [6, 6.07) is 6.18. The van der Waals surface area contributed by atoms with Crippen LogP contribution in [0.1, 0.15) is 11.1 Å². The Morgan fingerprint density at radius 1 is 1.23 bits per heavy atom. The third-order valence-electron chi connectivity index (χ3n) is 1.70. The third-order valence-corrected chi connectivity index (χ3v) is 2.32. The molecule has 0 heterocycles. The molecule has 0 aliphatic carbocycles. The Labute approximate surface area is 92.7 Å². The number of aliphatic hydroxyl groups excluding tert-OH is 1. The van der Waals surface area contributed by atoms with Crippen molar-refractivity contribution < 1.29 is 5.11 Å². The molecule has 0 aliphatic rings. The predicted octanol–water partition coefficient (Wildman–Crippen LogP) is 1.85. The first-order valence-electron chi connectivity index (χ1n) is 4.16. The molecule has 1 aromatic rings. The van der Waals surface area contributed by atoms with E-state index in [1.54, 1.807) is 0 Å². The molecular weight excluding hydrogens is 277 g/mol. The summed E-state index contributed by atoms with van der Waals surface area (Å²) in [7, 11) is 4.08. The normalized spacial score (nSPS) is 10.8. The summed E-state index contributed by atoms with van der Waals surface area (Å²) in [5, 5.41) is 9.00. The first-order valence-corrected chi connectivity index (χ1v) is 5.23. The summed E-state index contributed by atoms with van der Waals surface area (Å²) in [6.07, 6.45) is 0. The van der Waals surface area contributed by atoms with Gasteiger partial charge in [0.1, 0.15) is 0 Å². The zero-order chi connectivity index (χ0) is 9.84. The van der Waals surface area contributed by atoms with Gasteiger partial charge < -0.3 is 10.0 Å². The molecule has 0 atom stereocenters. The maximum absolute atomic E-state index is 9.00. The lowest BCUT2D eigenvalue weighted by atomic mass is 10.1. The molecule has 2 nitrogen and oxygen atoms in total. The van der Waals surface area contributed by atoms with E-state index in [4.69, 9.17) is 5.11 Å². The molecule has 0 radical (unpaired) electrons. The SMILES string of the molecule is CN(C)Cc1cc(I)cc(CO)c1. The number of nitrogens with zero attached hydrogens (tertiary/aromatic N) is 1. The quantitative estimate of drug-likeness (QED) is 0.859. The van der Waals surface area contributed by atoms with E-state index in [2.05, 4.69) is 33.6 Å². The topological polar surface area (TPSA) is 23.5 Å². The standard InChI is InChI=1S/C10H14INO/c1-12(2)6-8-3-9(7-13)5-10(11)4-8/h3-5,13H,6-7H2,1-2H3. The monoisotopic (exact) mass is 291 g/mol. The average Bonchev–Trinajstić information content (AvgIpc) is 2.01. The highest BCUT2D eigenvalue weighted by atomic mass is 127. The largest absolute Gasteiger partial charge is 0.392 e. The van der Waals surface area contributed by atoms with E-state index < -0.39 is 0 Å². The van der Waals surface area contributed by atoms with E-state index in [1.165, 1.54) is 9.13 Å². The molecule has 0 aliphatic heterocycles. The highest BCUT2D eigenvalue weighted by molar-refractivity contribution is 14.1. The summed E-state index contributed by atoms with van der Waals surface area (Å²) in [4.78, 5) is 2.12. The predicted molar refractivity (Wildman–Crippen MR) is 62.5 cm³/mol. The summed E-state index contributed by atoms with van der Waals surface area (Å²) >= 11 is 2.27. The van der Waals surface area contributed by atoms with E-state index in [-0.39, 0.29) is 6.61 Å². The van der Waals surface area contributed by atoms with E-state index in [0.717, 1.165) is 12.1 Å². The van der Waals surface area contributed by atoms with Gasteiger partial charge in [-0.15, -0.1) is 0 Å². The lowest BCUT2D eigenvalue weighted by Crippen LogP contribution is -2.11. The lowest BCUT2D eigenvalue weighted by Gasteiger charge is -2.10. The summed E-state index contributed by atoms with van der Waals surface area (Å²) in [5.41, 5.74) is 2.24. The second kappa shape index (κ2) is 4.93. The van der Waals surface area contributed by atoms with Gasteiger partial charge in [-0.3, -0.25) is 0 Å². The molecule has 0 amide bonds. The molecule has 0 bridgehead atoms. The minimum Gasteiger partial charge on any atom is -0.392 e. The lowest BCUT2D eigenvalue weighted by molar-refractivity contribution is 0.281. The Morgan fingerprint density at radius 3 is 2.38 bits per heavy atom. The van der Waals surface area contributed by atoms with E-state index in [9.17, 15) is 0 Å². The van der Waals surface area contributed by atoms with Crippen LogP contribution in [0.25, 0.3) is 0 Å². The van der Waals surface area contributed by atoms with E-state index in [1.807, 2.05) is 26.2 Å². The van der Waals surface area contributed by atoms with Gasteiger partial charge in [0.15, 0.2) is 0 Å². The van der Waals surface area contributed by atoms with Crippen molar-refractivity contribution in [3.8, 4) is 0 Å². The fourth-order valence-electron chi connectivity index (χ4n) is 1.27. The molecule has 72 valence electrons. The molecule has 0 saturated heterocycles. The van der Waals surface area contributed by atoms with Gasteiger partial charge in [-0.2, -0.15) is 0 Å². The van der Waals surface area contributed by atoms with Gasteiger partial charge in [-0.1, -0.05) is 6.07 Å². The van der Waals surface area contributed by atoms with Crippen molar-refractivity contribution in [1.82, 2.24) is 4.90 Å². The van der Waals surface area contributed by atoms with Gasteiger partial charge in [0.25, 0.3) is 0 Å². The van der Waals surface area contributed by atoms with Crippen LogP contribution in [0.2, 0.25) is 0 Å². The maximum Gasteiger partial charge on any atom is 0.0682 e. The first-order chi connectivity index (χ1) is 6.11. The minimum atomic E-state index is 0.122. The fourth-order valence-corrected chi connectivity index (χ4v) is 2.07. The van der Waals surface area contributed by atoms with Gasteiger partial charge in [0.2, 0.25) is 0 Å². The van der Waals surface area contributed by atoms with Crippen LogP contribution < -0.4 is 0 Å². The Hall–Kier alpha value is -0.130. The first kappa shape index (κ1) is 10.9. The summed E-state index contributed by atoms with van der Waals surface area (Å²) in [5.74, 6) is 0. The molecule has 1 aromatic carbocycles. The second-order valence-electron chi connectivity index (χ2n) is 3.36. The number of aliphatic hydroxyl groups is 1. The molecule has 0 aromatic heterocycles. The van der Waals surface area contributed by atoms with Gasteiger partial charge in [-0.25, -0.2) is 0 Å². The van der Waals surface area contributed by atoms with Crippen LogP contribution in [0.5, 0.6) is 0 Å². The second-order valence-corrected chi connectivity index (χ2v) is 4.61. The molecule has 0 unspecified atom stereocenters. The van der Waals surface area contributed by atoms with Crippen molar-refractivity contribution in [2.75, 3.05) is 14.1 Å². The zero-order valence-electron chi connectivity index (χ0n) is 7.92. The molecule has 0 fully saturated rings. The highest BCUT2D eigenvalue weighted by Crippen LogP contribution is 2.13. The Bertz CT molecular complexity index is 286. The van der Waals surface area contributed by atoms with Crippen molar-refractivity contribution in [3.63, 3.8) is 0 Å². The Balaban J connectivity index is 2.88. The van der Waals surface area contributed by atoms with Gasteiger partial charge in [-0.05, 0) is 59.9 Å². The maximum atomic E-state index is 9.00. The molecule has 0 spiro atoms. The number of benzene rings is 1. The molecule has 3 heteroatoms. The van der Waals surface area contributed by atoms with Crippen molar-refractivity contribution in [3.05, 3.63) is 32.9 Å². The molecule has 13 heavy (non-hydrogen) atoms. The minimum absolute atomic E-state index is 0.122. The number of rotatable bonds is 3. The highest BCUT2D eigenvalue weighted by Gasteiger charge is 1.99. The Kier molecular flexibility index (Phi) is 4.15. The van der Waals surface area contributed by atoms with Gasteiger partial charge >= 0.3 is 0 Å². The third kappa shape index (κ3) is 3.62. The van der Waals surface area contributed by atoms with E-state index in [0.29, 0.717) is 0 Å². The van der Waals surface area contributed by atoms with Crippen molar-refractivity contribution in [2.24, 2.45) is 0 Å². The van der Waals surface area contributed by atoms with Crippen LogP contribution in [0, 0.1) is 3.57 Å². The summed E-state index contributed by atoms with van der Waals surface area (Å²) in [6.45, 7) is 1.04.